The first-order valence-corrected chi connectivity index (χ1v) is 10.9. The van der Waals surface area contributed by atoms with E-state index in [0.717, 1.165) is 16.5 Å². The molecule has 4 N–H and O–H groups in total. The third-order valence-corrected chi connectivity index (χ3v) is 4.77. The second-order valence-electron chi connectivity index (χ2n) is 6.79. The Morgan fingerprint density at radius 2 is 1.79 bits per heavy atom. The number of rotatable bonds is 7. The van der Waals surface area contributed by atoms with Gasteiger partial charge in [0.25, 0.3) is 5.91 Å². The number of ether oxygens (including phenoxy) is 2. The van der Waals surface area contributed by atoms with Crippen molar-refractivity contribution in [2.75, 3.05) is 20.0 Å². The lowest BCUT2D eigenvalue weighted by Gasteiger charge is -2.07. The minimum atomic E-state index is -5.84. The summed E-state index contributed by atoms with van der Waals surface area (Å²) < 4.78 is 73.5. The number of furan rings is 1. The van der Waals surface area contributed by atoms with Gasteiger partial charge in [0.15, 0.2) is 0 Å². The smallest absolute Gasteiger partial charge is 0.459 e. The van der Waals surface area contributed by atoms with Gasteiger partial charge in [-0.1, -0.05) is 12.1 Å². The zero-order valence-corrected chi connectivity index (χ0v) is 18.9. The van der Waals surface area contributed by atoms with Crippen molar-refractivity contribution in [1.82, 2.24) is 10.3 Å². The number of nitrogen functional groups attached to an aromatic ring is 1. The van der Waals surface area contributed by atoms with Crippen LogP contribution in [0, 0.1) is 0 Å². The molecule has 0 aliphatic carbocycles. The van der Waals surface area contributed by atoms with Crippen LogP contribution in [-0.2, 0) is 39.4 Å². The normalized spacial score (nSPS) is 11.7. The number of amides is 1. The maximum Gasteiger partial charge on any atom is 0.522 e. The van der Waals surface area contributed by atoms with Gasteiger partial charge in [-0.05, 0) is 29.8 Å². The summed E-state index contributed by atoms with van der Waals surface area (Å²) in [5, 5.41) is 3.77. The highest BCUT2D eigenvalue weighted by Gasteiger charge is 2.44. The number of nitrogens with one attached hydrogen (secondary N) is 1. The van der Waals surface area contributed by atoms with Crippen molar-refractivity contribution in [2.24, 2.45) is 0 Å². The van der Waals surface area contributed by atoms with Crippen LogP contribution in [0.15, 0.2) is 40.8 Å². The van der Waals surface area contributed by atoms with E-state index >= 15 is 0 Å². The van der Waals surface area contributed by atoms with Crippen LogP contribution in [0.2, 0.25) is 0 Å². The van der Waals surface area contributed by atoms with E-state index in [2.05, 4.69) is 10.3 Å². The number of benzene rings is 1. The number of anilines is 1. The van der Waals surface area contributed by atoms with Gasteiger partial charge in [-0.25, -0.2) is 4.98 Å². The third kappa shape index (κ3) is 7.41. The van der Waals surface area contributed by atoms with E-state index in [4.69, 9.17) is 32.6 Å². The zero-order valence-electron chi connectivity index (χ0n) is 18.0. The highest BCUT2D eigenvalue weighted by Crippen LogP contribution is 2.22. The highest BCUT2D eigenvalue weighted by atomic mass is 32.2. The van der Waals surface area contributed by atoms with Gasteiger partial charge in [-0.3, -0.25) is 9.35 Å². The van der Waals surface area contributed by atoms with Crippen LogP contribution in [0.25, 0.3) is 11.0 Å². The number of methoxy groups -OCH3 is 2. The van der Waals surface area contributed by atoms with Gasteiger partial charge >= 0.3 is 15.6 Å². The van der Waals surface area contributed by atoms with E-state index in [1.807, 2.05) is 24.3 Å². The van der Waals surface area contributed by atoms with E-state index < -0.39 is 15.6 Å². The predicted octanol–water partition coefficient (Wildman–Crippen LogP) is 3.03. The van der Waals surface area contributed by atoms with Crippen molar-refractivity contribution in [3.8, 4) is 0 Å². The molecule has 0 bridgehead atoms. The van der Waals surface area contributed by atoms with Crippen molar-refractivity contribution in [1.29, 1.82) is 0 Å². The quantitative estimate of drug-likeness (QED) is 0.325. The Morgan fingerprint density at radius 3 is 2.35 bits per heavy atom. The Bertz CT molecular complexity index is 1240. The Kier molecular flexibility index (Phi) is 8.98. The highest BCUT2D eigenvalue weighted by molar-refractivity contribution is 7.86. The van der Waals surface area contributed by atoms with Crippen LogP contribution in [-0.4, -0.2) is 43.6 Å². The molecule has 0 spiro atoms. The molecule has 0 atom stereocenters. The number of hydrogen-bond donors (Lipinski definition) is 3. The van der Waals surface area contributed by atoms with Crippen molar-refractivity contribution in [2.45, 2.75) is 25.3 Å². The molecule has 3 rings (SSSR count). The first kappa shape index (κ1) is 27.0. The third-order valence-electron chi connectivity index (χ3n) is 4.18. The van der Waals surface area contributed by atoms with Gasteiger partial charge in [0.1, 0.15) is 17.2 Å². The molecule has 2 aromatic heterocycles. The number of halogens is 3. The Labute approximate surface area is 192 Å². The molecule has 34 heavy (non-hydrogen) atoms. The van der Waals surface area contributed by atoms with E-state index in [0.29, 0.717) is 30.2 Å². The molecule has 14 heteroatoms. The summed E-state index contributed by atoms with van der Waals surface area (Å²) in [6.45, 7) is 1.12. The van der Waals surface area contributed by atoms with Crippen molar-refractivity contribution < 1.29 is 44.8 Å². The summed E-state index contributed by atoms with van der Waals surface area (Å²) in [5.74, 6) is 0.524. The van der Waals surface area contributed by atoms with E-state index in [-0.39, 0.29) is 18.3 Å². The molecule has 0 saturated heterocycles. The molecule has 1 amide bonds. The largest absolute Gasteiger partial charge is 0.522 e. The molecule has 0 fully saturated rings. The zero-order chi connectivity index (χ0) is 25.5. The van der Waals surface area contributed by atoms with E-state index in [1.165, 1.54) is 0 Å². The number of carbonyl (C=O) groups excluding carboxylic acids is 1. The van der Waals surface area contributed by atoms with Gasteiger partial charge in [-0.2, -0.15) is 21.6 Å². The molecular weight excluding hydrogens is 483 g/mol. The summed E-state index contributed by atoms with van der Waals surface area (Å²) in [4.78, 5) is 16.5. The minimum Gasteiger partial charge on any atom is -0.459 e. The van der Waals surface area contributed by atoms with Gasteiger partial charge in [0.05, 0.1) is 31.0 Å². The monoisotopic (exact) mass is 505 g/mol. The van der Waals surface area contributed by atoms with Crippen LogP contribution in [0.5, 0.6) is 0 Å². The summed E-state index contributed by atoms with van der Waals surface area (Å²) in [6, 6.07) is 11.1. The Morgan fingerprint density at radius 1 is 1.15 bits per heavy atom. The Hall–Kier alpha value is -3.20. The second-order valence-corrected chi connectivity index (χ2v) is 8.20. The fraction of sp³-hybridized carbons (Fsp3) is 0.300. The number of hydrogen-bond acceptors (Lipinski definition) is 8. The molecule has 10 nitrogen and oxygen atoms in total. The van der Waals surface area contributed by atoms with Gasteiger partial charge in [-0.15, -0.1) is 0 Å². The van der Waals surface area contributed by atoms with Crippen LogP contribution >= 0.6 is 0 Å². The maximum atomic E-state index is 12.3. The van der Waals surface area contributed by atoms with Crippen LogP contribution < -0.4 is 11.1 Å². The number of fused-ring (bicyclic) bond motifs is 1. The Balaban J connectivity index is 0.000000440. The molecule has 2 heterocycles. The molecule has 0 aliphatic rings. The minimum absolute atomic E-state index is 0.172. The average molecular weight is 505 g/mol. The number of nitrogens with two attached hydrogens (primary N) is 1. The number of alkyl halides is 3. The summed E-state index contributed by atoms with van der Waals surface area (Å²) in [6.07, 6.45) is 0. The van der Waals surface area contributed by atoms with Crippen molar-refractivity contribution >= 4 is 32.8 Å². The first-order chi connectivity index (χ1) is 15.9. The lowest BCUT2D eigenvalue weighted by atomic mass is 10.2. The molecule has 0 aliphatic heterocycles. The molecule has 3 aromatic rings. The molecular formula is C20H22F3N3O7S. The summed E-state index contributed by atoms with van der Waals surface area (Å²) >= 11 is 0. The fourth-order valence-corrected chi connectivity index (χ4v) is 2.67. The van der Waals surface area contributed by atoms with Crippen LogP contribution in [0.4, 0.5) is 19.0 Å². The lowest BCUT2D eigenvalue weighted by Crippen LogP contribution is -2.24. The number of carbonyl (C=O) groups is 1. The second kappa shape index (κ2) is 11.3. The van der Waals surface area contributed by atoms with Gasteiger partial charge in [0, 0.05) is 19.6 Å². The maximum absolute atomic E-state index is 12.3. The van der Waals surface area contributed by atoms with Crippen molar-refractivity contribution in [3.63, 3.8) is 0 Å². The van der Waals surface area contributed by atoms with E-state index in [9.17, 15) is 18.0 Å². The molecule has 1 aromatic carbocycles. The molecule has 186 valence electrons. The van der Waals surface area contributed by atoms with Gasteiger partial charge < -0.3 is 24.9 Å². The van der Waals surface area contributed by atoms with Crippen LogP contribution in [0.3, 0.4) is 0 Å². The molecule has 0 saturated carbocycles. The fourth-order valence-electron chi connectivity index (χ4n) is 2.67. The molecule has 0 radical (unpaired) electrons. The van der Waals surface area contributed by atoms with E-state index in [1.54, 1.807) is 26.4 Å². The van der Waals surface area contributed by atoms with Crippen molar-refractivity contribution in [3.05, 3.63) is 59.0 Å². The number of nitrogens with zero attached hydrogens (tertiary/aromatic N) is 1. The summed E-state index contributed by atoms with van der Waals surface area (Å²) in [5.41, 5.74) is 3.11. The topological polar surface area (TPSA) is 154 Å². The number of pyridine rings is 1. The lowest BCUT2D eigenvalue weighted by molar-refractivity contribution is -0.0510. The van der Waals surface area contributed by atoms with Crippen LogP contribution in [0.1, 0.15) is 27.4 Å². The first-order valence-electron chi connectivity index (χ1n) is 9.42. The SMILES string of the molecule is COCc1ccc2cc(CNC(=O)c3ccc(COC)nc3N)oc2c1.O=S(=O)(O)C(F)(F)F. The predicted molar refractivity (Wildman–Crippen MR) is 115 cm³/mol. The molecule has 0 unspecified atom stereocenters. The summed E-state index contributed by atoms with van der Waals surface area (Å²) in [7, 11) is -2.62. The average Bonchev–Trinajstić information content (AvgIpc) is 3.14. The standard InChI is InChI=1S/C19H21N3O4.CHF3O3S/c1-24-10-12-3-4-13-8-15(26-17(13)7-12)9-21-19(23)16-6-5-14(11-25-2)22-18(16)20;2-1(3,4)8(5,6)7/h3-8H,9-11H2,1-2H3,(H2,20,22)(H,21,23);(H,5,6,7). The van der Waals surface area contributed by atoms with Gasteiger partial charge in [0.2, 0.25) is 0 Å². The number of aromatic nitrogens is 1.